The minimum Gasteiger partial charge on any atom is -0.478 e. The highest BCUT2D eigenvalue weighted by atomic mass is 32.1. The fourth-order valence-corrected chi connectivity index (χ4v) is 2.52. The van der Waals surface area contributed by atoms with E-state index in [-0.39, 0.29) is 21.7 Å². The van der Waals surface area contributed by atoms with Crippen molar-refractivity contribution in [2.75, 3.05) is 0 Å². The van der Waals surface area contributed by atoms with Crippen LogP contribution in [0, 0.1) is 4.77 Å². The predicted molar refractivity (Wildman–Crippen MR) is 94.2 cm³/mol. The van der Waals surface area contributed by atoms with E-state index in [1.165, 1.54) is 24.4 Å². The second-order valence-electron chi connectivity index (χ2n) is 5.38. The van der Waals surface area contributed by atoms with Gasteiger partial charge in [-0.05, 0) is 30.4 Å². The van der Waals surface area contributed by atoms with Gasteiger partial charge in [0.25, 0.3) is 0 Å². The summed E-state index contributed by atoms with van der Waals surface area (Å²) in [6.07, 6.45) is -3.25. The molecule has 0 bridgehead atoms. The number of benzene rings is 2. The number of aromatic nitrogens is 3. The molecule has 138 valence electrons. The molecule has 3 rings (SSSR count). The SMILES string of the molecule is O=C(O)c1ccccc1/C=N/n1c(-c2cccc(C(F)(F)F)c2)n[nH]c1=S. The summed E-state index contributed by atoms with van der Waals surface area (Å²) in [5.41, 5.74) is -0.346. The number of carboxylic acid groups (broad SMARTS) is 1. The Morgan fingerprint density at radius 1 is 1.22 bits per heavy atom. The number of nitrogens with one attached hydrogen (secondary N) is 1. The van der Waals surface area contributed by atoms with Crippen LogP contribution in [0.1, 0.15) is 21.5 Å². The maximum atomic E-state index is 12.9. The number of alkyl halides is 3. The Balaban J connectivity index is 2.05. The van der Waals surface area contributed by atoms with Gasteiger partial charge in [-0.15, -0.1) is 0 Å². The third-order valence-electron chi connectivity index (χ3n) is 3.60. The number of aromatic carboxylic acids is 1. The van der Waals surface area contributed by atoms with Gasteiger partial charge in [0, 0.05) is 11.1 Å². The minimum atomic E-state index is -4.50. The molecule has 0 spiro atoms. The molecule has 1 heterocycles. The van der Waals surface area contributed by atoms with Gasteiger partial charge in [0.2, 0.25) is 4.77 Å². The van der Waals surface area contributed by atoms with Crippen LogP contribution in [0.4, 0.5) is 13.2 Å². The van der Waals surface area contributed by atoms with Gasteiger partial charge in [-0.1, -0.05) is 30.3 Å². The van der Waals surface area contributed by atoms with Crippen molar-refractivity contribution >= 4 is 24.4 Å². The third kappa shape index (κ3) is 3.95. The summed E-state index contributed by atoms with van der Waals surface area (Å²) in [5, 5.41) is 19.7. The monoisotopic (exact) mass is 392 g/mol. The van der Waals surface area contributed by atoms with E-state index >= 15 is 0 Å². The number of H-pyrrole nitrogens is 1. The molecule has 0 aliphatic carbocycles. The second-order valence-corrected chi connectivity index (χ2v) is 5.77. The first-order valence-corrected chi connectivity index (χ1v) is 7.90. The van der Waals surface area contributed by atoms with Crippen molar-refractivity contribution in [3.63, 3.8) is 0 Å². The maximum Gasteiger partial charge on any atom is 0.416 e. The van der Waals surface area contributed by atoms with E-state index in [1.807, 2.05) is 0 Å². The molecule has 2 N–H and O–H groups in total. The molecule has 3 aromatic rings. The van der Waals surface area contributed by atoms with Crippen LogP contribution in [0.2, 0.25) is 0 Å². The smallest absolute Gasteiger partial charge is 0.416 e. The lowest BCUT2D eigenvalue weighted by Gasteiger charge is -2.08. The molecule has 0 unspecified atom stereocenters. The van der Waals surface area contributed by atoms with Gasteiger partial charge in [-0.2, -0.15) is 28.0 Å². The molecule has 0 aliphatic heterocycles. The van der Waals surface area contributed by atoms with Crippen molar-refractivity contribution in [1.29, 1.82) is 0 Å². The number of aromatic amines is 1. The number of rotatable bonds is 4. The van der Waals surface area contributed by atoms with E-state index in [9.17, 15) is 23.1 Å². The number of nitrogens with zero attached hydrogens (tertiary/aromatic N) is 3. The zero-order valence-electron chi connectivity index (χ0n) is 13.4. The Bertz CT molecular complexity index is 1090. The first-order chi connectivity index (χ1) is 12.8. The van der Waals surface area contributed by atoms with Gasteiger partial charge < -0.3 is 5.11 Å². The van der Waals surface area contributed by atoms with Crippen LogP contribution in [-0.4, -0.2) is 32.2 Å². The molecule has 27 heavy (non-hydrogen) atoms. The van der Waals surface area contributed by atoms with Crippen LogP contribution >= 0.6 is 12.2 Å². The fraction of sp³-hybridized carbons (Fsp3) is 0.0588. The molecular weight excluding hydrogens is 381 g/mol. The molecule has 6 nitrogen and oxygen atoms in total. The molecule has 0 atom stereocenters. The number of hydrogen-bond acceptors (Lipinski definition) is 4. The van der Waals surface area contributed by atoms with Crippen molar-refractivity contribution in [2.45, 2.75) is 6.18 Å². The second kappa shape index (κ2) is 7.16. The molecule has 0 saturated carbocycles. The van der Waals surface area contributed by atoms with Crippen LogP contribution in [0.25, 0.3) is 11.4 Å². The molecule has 0 aliphatic rings. The third-order valence-corrected chi connectivity index (χ3v) is 3.87. The van der Waals surface area contributed by atoms with E-state index in [0.29, 0.717) is 5.56 Å². The van der Waals surface area contributed by atoms with Crippen LogP contribution in [0.15, 0.2) is 53.6 Å². The Morgan fingerprint density at radius 3 is 2.67 bits per heavy atom. The highest BCUT2D eigenvalue weighted by molar-refractivity contribution is 7.71. The van der Waals surface area contributed by atoms with Gasteiger partial charge in [0.15, 0.2) is 5.82 Å². The minimum absolute atomic E-state index is 0.0249. The zero-order chi connectivity index (χ0) is 19.6. The predicted octanol–water partition coefficient (Wildman–Crippen LogP) is 4.21. The molecule has 0 fully saturated rings. The number of carbonyl (C=O) groups is 1. The lowest BCUT2D eigenvalue weighted by Crippen LogP contribution is -2.05. The van der Waals surface area contributed by atoms with Crippen molar-refractivity contribution < 1.29 is 23.1 Å². The standard InChI is InChI=1S/C17H11F3N4O2S/c18-17(19,20)12-6-3-5-10(8-12)14-22-23-16(27)24(14)21-9-11-4-1-2-7-13(11)15(25)26/h1-9H,(H,23,27)(H,25,26)/b21-9+. The lowest BCUT2D eigenvalue weighted by molar-refractivity contribution is -0.137. The Labute approximate surface area is 155 Å². The normalized spacial score (nSPS) is 11.8. The molecular formula is C17H11F3N4O2S. The van der Waals surface area contributed by atoms with E-state index in [2.05, 4.69) is 15.3 Å². The molecule has 1 aromatic heterocycles. The van der Waals surface area contributed by atoms with Crippen LogP contribution in [0.5, 0.6) is 0 Å². The Kier molecular flexibility index (Phi) is 4.91. The summed E-state index contributed by atoms with van der Waals surface area (Å²) >= 11 is 5.07. The van der Waals surface area contributed by atoms with E-state index in [0.717, 1.165) is 16.8 Å². The number of hydrogen-bond donors (Lipinski definition) is 2. The van der Waals surface area contributed by atoms with Gasteiger partial charge in [0.05, 0.1) is 17.3 Å². The average Bonchev–Trinajstić information content (AvgIpc) is 3.00. The fourth-order valence-electron chi connectivity index (χ4n) is 2.34. The molecule has 0 saturated heterocycles. The van der Waals surface area contributed by atoms with Crippen molar-refractivity contribution in [1.82, 2.24) is 14.9 Å². The average molecular weight is 392 g/mol. The van der Waals surface area contributed by atoms with Gasteiger partial charge in [-0.3, -0.25) is 0 Å². The highest BCUT2D eigenvalue weighted by Crippen LogP contribution is 2.31. The van der Waals surface area contributed by atoms with Gasteiger partial charge >= 0.3 is 12.1 Å². The van der Waals surface area contributed by atoms with Crippen molar-refractivity contribution in [2.24, 2.45) is 5.10 Å². The summed E-state index contributed by atoms with van der Waals surface area (Å²) in [4.78, 5) is 11.3. The van der Waals surface area contributed by atoms with Gasteiger partial charge in [0.1, 0.15) is 0 Å². The first-order valence-electron chi connectivity index (χ1n) is 7.49. The first kappa shape index (κ1) is 18.5. The van der Waals surface area contributed by atoms with Gasteiger partial charge in [-0.25, -0.2) is 9.89 Å². The van der Waals surface area contributed by atoms with Crippen LogP contribution in [-0.2, 0) is 6.18 Å². The number of halogens is 3. The zero-order valence-corrected chi connectivity index (χ0v) is 14.3. The maximum absolute atomic E-state index is 12.9. The molecule has 0 radical (unpaired) electrons. The largest absolute Gasteiger partial charge is 0.478 e. The lowest BCUT2D eigenvalue weighted by atomic mass is 10.1. The summed E-state index contributed by atoms with van der Waals surface area (Å²) < 4.78 is 40.0. The molecule has 2 aromatic carbocycles. The summed E-state index contributed by atoms with van der Waals surface area (Å²) in [7, 11) is 0. The van der Waals surface area contributed by atoms with Crippen LogP contribution < -0.4 is 0 Å². The Hall–Kier alpha value is -3.27. The van der Waals surface area contributed by atoms with Crippen molar-refractivity contribution in [3.05, 3.63) is 70.0 Å². The van der Waals surface area contributed by atoms with Crippen molar-refractivity contribution in [3.8, 4) is 11.4 Å². The summed E-state index contributed by atoms with van der Waals surface area (Å²) in [6.45, 7) is 0. The molecule has 0 amide bonds. The molecule has 10 heteroatoms. The van der Waals surface area contributed by atoms with E-state index < -0.39 is 17.7 Å². The van der Waals surface area contributed by atoms with Crippen LogP contribution in [0.3, 0.4) is 0 Å². The highest BCUT2D eigenvalue weighted by Gasteiger charge is 2.30. The van der Waals surface area contributed by atoms with E-state index in [1.54, 1.807) is 18.2 Å². The summed E-state index contributed by atoms with van der Waals surface area (Å²) in [5.74, 6) is -1.07. The topological polar surface area (TPSA) is 83.3 Å². The Morgan fingerprint density at radius 2 is 1.96 bits per heavy atom. The van der Waals surface area contributed by atoms with E-state index in [4.69, 9.17) is 12.2 Å². The number of carboxylic acids is 1. The quantitative estimate of drug-likeness (QED) is 0.515. The summed E-state index contributed by atoms with van der Waals surface area (Å²) in [6, 6.07) is 10.7.